The number of nitrogens with one attached hydrogen (secondary N) is 5. The molecule has 2 unspecified atom stereocenters. The number of anilines is 1. The van der Waals surface area contributed by atoms with Gasteiger partial charge in [-0.05, 0) is 24.7 Å². The van der Waals surface area contributed by atoms with Crippen LogP contribution in [0, 0.1) is 12.1 Å². The van der Waals surface area contributed by atoms with E-state index in [1.165, 1.54) is 12.1 Å². The summed E-state index contributed by atoms with van der Waals surface area (Å²) in [5.74, 6) is 3.90. The van der Waals surface area contributed by atoms with Gasteiger partial charge < -0.3 is 15.8 Å². The zero-order chi connectivity index (χ0) is 20.1. The Balaban J connectivity index is 2.31. The first-order valence-corrected chi connectivity index (χ1v) is 8.93. The van der Waals surface area contributed by atoms with Crippen molar-refractivity contribution in [3.63, 3.8) is 0 Å². The Morgan fingerprint density at radius 1 is 1.52 bits per heavy atom. The number of amides is 2. The summed E-state index contributed by atoms with van der Waals surface area (Å²) >= 11 is 10.7. The topological polar surface area (TPSA) is 168 Å². The fourth-order valence-corrected chi connectivity index (χ4v) is 3.23. The van der Waals surface area contributed by atoms with E-state index in [1.54, 1.807) is 13.0 Å². The van der Waals surface area contributed by atoms with Crippen LogP contribution in [0.2, 0.25) is 0 Å². The number of hydrogen-bond acceptors (Lipinski definition) is 9. The van der Waals surface area contributed by atoms with Gasteiger partial charge in [0.1, 0.15) is 15.3 Å². The number of nitrogens with zero attached hydrogens (tertiary/aromatic N) is 1. The van der Waals surface area contributed by atoms with Gasteiger partial charge in [-0.3, -0.25) is 20.4 Å². The van der Waals surface area contributed by atoms with Crippen molar-refractivity contribution in [2.45, 2.75) is 12.2 Å². The van der Waals surface area contributed by atoms with E-state index in [0.717, 1.165) is 11.8 Å². The summed E-state index contributed by atoms with van der Waals surface area (Å²) < 4.78 is 0.203. The molecule has 0 radical (unpaired) electrons. The van der Waals surface area contributed by atoms with Gasteiger partial charge in [-0.2, -0.15) is 10.3 Å². The van der Waals surface area contributed by atoms with E-state index in [4.69, 9.17) is 35.5 Å². The number of quaternary nitrogens is 1. The van der Waals surface area contributed by atoms with Crippen LogP contribution in [0.15, 0.2) is 23.3 Å². The summed E-state index contributed by atoms with van der Waals surface area (Å²) in [6, 6.07) is 4.26. The fraction of sp³-hybridized carbons (Fsp3) is 0.154. The van der Waals surface area contributed by atoms with E-state index in [-0.39, 0.29) is 26.5 Å². The maximum Gasteiger partial charge on any atom is 0.273 e. The van der Waals surface area contributed by atoms with Gasteiger partial charge in [-0.1, -0.05) is 30.0 Å². The lowest BCUT2D eigenvalue weighted by Crippen LogP contribution is -2.99. The van der Waals surface area contributed by atoms with Crippen molar-refractivity contribution < 1.29 is 20.0 Å². The molecule has 2 rings (SSSR count). The van der Waals surface area contributed by atoms with Crippen molar-refractivity contribution in [1.82, 2.24) is 16.2 Å². The molecule has 8 N–H and O–H groups in total. The van der Waals surface area contributed by atoms with Gasteiger partial charge in [0, 0.05) is 12.1 Å². The van der Waals surface area contributed by atoms with Crippen molar-refractivity contribution in [3.05, 3.63) is 29.0 Å². The molecule has 1 heterocycles. The Kier molecular flexibility index (Phi) is 7.14. The highest BCUT2D eigenvalue weighted by Gasteiger charge is 2.37. The monoisotopic (exact) mass is 429 g/mol. The van der Waals surface area contributed by atoms with Gasteiger partial charge in [0.25, 0.3) is 5.91 Å². The number of hydrazine groups is 1. The van der Waals surface area contributed by atoms with Gasteiger partial charge in [-0.15, -0.1) is 0 Å². The number of thiocarbonyl (C=S) groups is 2. The van der Waals surface area contributed by atoms with Gasteiger partial charge in [0.2, 0.25) is 11.0 Å². The van der Waals surface area contributed by atoms with Crippen LogP contribution in [0.3, 0.4) is 0 Å². The summed E-state index contributed by atoms with van der Waals surface area (Å²) in [7, 11) is 0. The molecule has 0 aromatic heterocycles. The van der Waals surface area contributed by atoms with Crippen molar-refractivity contribution in [3.8, 4) is 0 Å². The maximum absolute atomic E-state index is 12.7. The molecule has 0 bridgehead atoms. The van der Waals surface area contributed by atoms with E-state index in [9.17, 15) is 14.8 Å². The van der Waals surface area contributed by atoms with E-state index in [0.29, 0.717) is 5.56 Å². The van der Waals surface area contributed by atoms with Crippen LogP contribution in [0.5, 0.6) is 0 Å². The summed E-state index contributed by atoms with van der Waals surface area (Å²) in [6.07, 6.45) is 0. The molecule has 1 saturated heterocycles. The van der Waals surface area contributed by atoms with Crippen LogP contribution in [0.4, 0.5) is 11.4 Å². The highest BCUT2D eigenvalue weighted by molar-refractivity contribution is 8.25. The lowest BCUT2D eigenvalue weighted by molar-refractivity contribution is -0.991. The van der Waals surface area contributed by atoms with E-state index in [1.807, 2.05) is 0 Å². The van der Waals surface area contributed by atoms with Gasteiger partial charge in [0.15, 0.2) is 5.69 Å². The number of nitrogens with two attached hydrogens (primary N) is 1. The molecule has 14 heteroatoms. The van der Waals surface area contributed by atoms with E-state index in [2.05, 4.69) is 26.6 Å². The number of hydrazone groups is 1. The Bertz CT molecular complexity index is 830. The number of carbonyl (C=O) groups excluding carboxylic acids is 2. The summed E-state index contributed by atoms with van der Waals surface area (Å²) in [5, 5.41) is 26.8. The Morgan fingerprint density at radius 2 is 2.22 bits per heavy atom. The largest absolute Gasteiger partial charge is 0.595 e. The third kappa shape index (κ3) is 5.39. The molecule has 0 saturated carbocycles. The molecule has 144 valence electrons. The van der Waals surface area contributed by atoms with Gasteiger partial charge in [-0.25, -0.2) is 11.0 Å². The highest BCUT2D eigenvalue weighted by Crippen LogP contribution is 2.23. The summed E-state index contributed by atoms with van der Waals surface area (Å²) in [5.41, 5.74) is 5.15. The van der Waals surface area contributed by atoms with Crippen molar-refractivity contribution in [2.24, 2.45) is 10.9 Å². The SMILES string of the molecule is Cc1ccc([NH+]([O-])O)cc1NC(=O)/C(=N/NC(=S)NN)C1SC(=S)NC1=O. The predicted molar refractivity (Wildman–Crippen MR) is 108 cm³/mol. The second kappa shape index (κ2) is 9.14. The van der Waals surface area contributed by atoms with Crippen molar-refractivity contribution >= 4 is 74.5 Å². The molecule has 1 aliphatic rings. The minimum Gasteiger partial charge on any atom is -0.595 e. The molecule has 0 spiro atoms. The number of thioether (sulfide) groups is 1. The standard InChI is InChI=1S/C13H15N7O4S3/c1-5-2-3-6(20(23)24)4-7(5)15-10(21)8(18-19-12(25)17-14)9-11(22)16-13(26)27-9/h2-4,9,20,23H,14H2,1H3,(H,15,21)(H,16,22,26)(H2,17,19,25)/b18-8+. The first-order valence-electron chi connectivity index (χ1n) is 7.24. The van der Waals surface area contributed by atoms with Crippen LogP contribution < -0.4 is 32.6 Å². The Labute approximate surface area is 168 Å². The van der Waals surface area contributed by atoms with Gasteiger partial charge >= 0.3 is 0 Å². The third-order valence-corrected chi connectivity index (χ3v) is 4.90. The zero-order valence-corrected chi connectivity index (χ0v) is 16.2. The molecule has 1 fully saturated rings. The molecule has 0 aliphatic carbocycles. The van der Waals surface area contributed by atoms with Crippen molar-refractivity contribution in [1.29, 1.82) is 0 Å². The molecule has 1 aromatic rings. The molecule has 1 aliphatic heterocycles. The lowest BCUT2D eigenvalue weighted by Gasteiger charge is -2.16. The highest BCUT2D eigenvalue weighted by atomic mass is 32.2. The molecule has 11 nitrogen and oxygen atoms in total. The number of aryl methyl sites for hydroxylation is 1. The normalized spacial score (nSPS) is 17.9. The molecule has 1 aromatic carbocycles. The first kappa shape index (κ1) is 21.1. The average molecular weight is 430 g/mol. The molecule has 2 atom stereocenters. The summed E-state index contributed by atoms with van der Waals surface area (Å²) in [6.45, 7) is 1.69. The minimum absolute atomic E-state index is 0.00446. The van der Waals surface area contributed by atoms with Crippen LogP contribution in [0.25, 0.3) is 0 Å². The lowest BCUT2D eigenvalue weighted by atomic mass is 10.1. The minimum atomic E-state index is -1.14. The number of carbonyl (C=O) groups is 2. The van der Waals surface area contributed by atoms with Crippen LogP contribution >= 0.6 is 36.2 Å². The Morgan fingerprint density at radius 3 is 2.78 bits per heavy atom. The molecule has 2 amide bonds. The third-order valence-electron chi connectivity index (χ3n) is 3.31. The van der Waals surface area contributed by atoms with E-state index >= 15 is 0 Å². The smallest absolute Gasteiger partial charge is 0.273 e. The second-order valence-corrected chi connectivity index (χ2v) is 7.34. The maximum atomic E-state index is 12.7. The Hall–Kier alpha value is -2.20. The molecular weight excluding hydrogens is 414 g/mol. The quantitative estimate of drug-likeness (QED) is 0.127. The molecular formula is C13H15N7O4S3. The average Bonchev–Trinajstić information content (AvgIpc) is 2.94. The van der Waals surface area contributed by atoms with Crippen molar-refractivity contribution in [2.75, 3.05) is 5.32 Å². The van der Waals surface area contributed by atoms with E-state index < -0.39 is 22.3 Å². The summed E-state index contributed by atoms with van der Waals surface area (Å²) in [4.78, 5) is 24.8. The fourth-order valence-electron chi connectivity index (χ4n) is 1.98. The second-order valence-electron chi connectivity index (χ2n) is 5.15. The van der Waals surface area contributed by atoms with Crippen LogP contribution in [0.1, 0.15) is 5.56 Å². The first-order chi connectivity index (χ1) is 12.7. The van der Waals surface area contributed by atoms with Crippen LogP contribution in [-0.4, -0.2) is 37.4 Å². The predicted octanol–water partition coefficient (Wildman–Crippen LogP) is -1.45. The number of hydrogen-bond donors (Lipinski definition) is 7. The number of rotatable bonds is 5. The molecule has 27 heavy (non-hydrogen) atoms. The van der Waals surface area contributed by atoms with Crippen LogP contribution in [-0.2, 0) is 9.59 Å². The number of benzene rings is 1. The zero-order valence-electron chi connectivity index (χ0n) is 13.7. The van der Waals surface area contributed by atoms with Gasteiger partial charge in [0.05, 0.1) is 5.69 Å².